The molecule has 1 aliphatic carbocycles. The number of nitrogens with zero attached hydrogens (tertiary/aromatic N) is 3. The Bertz CT molecular complexity index is 1580. The quantitative estimate of drug-likeness (QED) is 0.494. The van der Waals surface area contributed by atoms with Gasteiger partial charge in [0, 0.05) is 49.7 Å². The molecule has 0 bridgehead atoms. The van der Waals surface area contributed by atoms with E-state index in [9.17, 15) is 24.0 Å². The fourth-order valence-electron chi connectivity index (χ4n) is 6.85. The van der Waals surface area contributed by atoms with Gasteiger partial charge >= 0.3 is 0 Å². The molecule has 1 N–H and O–H groups in total. The van der Waals surface area contributed by atoms with Gasteiger partial charge < -0.3 is 4.90 Å². The number of allylic oxidation sites excluding steroid dienone is 1. The number of fused-ring (bicyclic) bond motifs is 1. The largest absolute Gasteiger partial charge is 0.337 e. The molecule has 3 heterocycles. The standard InChI is InChI=1S/C34H37ClN4O5/c1-34(2)13-12-23(27(19-34)21-4-7-24(35)8-5-21)20-37-14-3-15-38(17-16-37)31(42)22-6-9-25-26(18-22)33(44)39(32(25)43)28-10-11-29(40)36-30(28)41/h4-9,18,28H,3,10-17,19-20H2,1-2H3,(H,36,40,41). The maximum Gasteiger partial charge on any atom is 0.262 e. The van der Waals surface area contributed by atoms with E-state index in [4.69, 9.17) is 11.6 Å². The molecule has 3 aliphatic heterocycles. The average molecular weight is 617 g/mol. The highest BCUT2D eigenvalue weighted by molar-refractivity contribution is 6.30. The Morgan fingerprint density at radius 3 is 2.43 bits per heavy atom. The maximum absolute atomic E-state index is 13.6. The van der Waals surface area contributed by atoms with E-state index in [-0.39, 0.29) is 35.3 Å². The van der Waals surface area contributed by atoms with Crippen LogP contribution in [0.15, 0.2) is 48.0 Å². The number of carbonyl (C=O) groups is 5. The second kappa shape index (κ2) is 11.9. The van der Waals surface area contributed by atoms with Crippen molar-refractivity contribution in [1.29, 1.82) is 0 Å². The maximum atomic E-state index is 13.6. The number of carbonyl (C=O) groups excluding carboxylic acids is 5. The average Bonchev–Trinajstić information content (AvgIpc) is 3.12. The third-order valence-electron chi connectivity index (χ3n) is 9.36. The lowest BCUT2D eigenvalue weighted by Crippen LogP contribution is -2.54. The van der Waals surface area contributed by atoms with Crippen molar-refractivity contribution in [2.75, 3.05) is 32.7 Å². The van der Waals surface area contributed by atoms with Gasteiger partial charge in [-0.2, -0.15) is 0 Å². The first-order valence-electron chi connectivity index (χ1n) is 15.3. The van der Waals surface area contributed by atoms with Gasteiger partial charge in [-0.25, -0.2) is 0 Å². The molecule has 2 aromatic rings. The molecule has 0 radical (unpaired) electrons. The van der Waals surface area contributed by atoms with Gasteiger partial charge in [0.2, 0.25) is 11.8 Å². The van der Waals surface area contributed by atoms with Crippen LogP contribution in [0.25, 0.3) is 5.57 Å². The summed E-state index contributed by atoms with van der Waals surface area (Å²) in [5.41, 5.74) is 4.94. The molecule has 1 unspecified atom stereocenters. The number of halogens is 1. The number of hydrogen-bond donors (Lipinski definition) is 1. The molecule has 4 aliphatic rings. The van der Waals surface area contributed by atoms with Gasteiger partial charge in [-0.15, -0.1) is 0 Å². The monoisotopic (exact) mass is 616 g/mol. The Morgan fingerprint density at radius 1 is 0.932 bits per heavy atom. The zero-order valence-corrected chi connectivity index (χ0v) is 25.9. The van der Waals surface area contributed by atoms with E-state index in [1.807, 2.05) is 17.0 Å². The summed E-state index contributed by atoms with van der Waals surface area (Å²) in [5, 5.41) is 2.93. The van der Waals surface area contributed by atoms with E-state index in [1.54, 1.807) is 6.07 Å². The molecule has 2 fully saturated rings. The molecule has 6 rings (SSSR count). The van der Waals surface area contributed by atoms with Crippen molar-refractivity contribution in [2.45, 2.75) is 58.4 Å². The van der Waals surface area contributed by atoms with Crippen LogP contribution < -0.4 is 5.32 Å². The van der Waals surface area contributed by atoms with Crippen molar-refractivity contribution in [1.82, 2.24) is 20.0 Å². The molecular formula is C34H37ClN4O5. The van der Waals surface area contributed by atoms with E-state index in [0.717, 1.165) is 55.2 Å². The lowest BCUT2D eigenvalue weighted by Gasteiger charge is -2.35. The number of hydrogen-bond acceptors (Lipinski definition) is 6. The first kappa shape index (κ1) is 30.2. The van der Waals surface area contributed by atoms with Crippen LogP contribution in [0.1, 0.15) is 89.0 Å². The molecule has 2 saturated heterocycles. The summed E-state index contributed by atoms with van der Waals surface area (Å²) >= 11 is 6.17. The minimum atomic E-state index is -1.04. The van der Waals surface area contributed by atoms with Gasteiger partial charge in [-0.05, 0) is 79.0 Å². The predicted octanol–water partition coefficient (Wildman–Crippen LogP) is 4.55. The van der Waals surface area contributed by atoms with Crippen LogP contribution in [0.3, 0.4) is 0 Å². The molecule has 1 atom stereocenters. The van der Waals surface area contributed by atoms with Crippen LogP contribution >= 0.6 is 11.6 Å². The molecule has 5 amide bonds. The highest BCUT2D eigenvalue weighted by Gasteiger charge is 2.45. The Hall–Kier alpha value is -3.82. The van der Waals surface area contributed by atoms with Gasteiger partial charge in [0.25, 0.3) is 17.7 Å². The molecule has 10 heteroatoms. The van der Waals surface area contributed by atoms with E-state index in [1.165, 1.54) is 28.8 Å². The van der Waals surface area contributed by atoms with Crippen molar-refractivity contribution < 1.29 is 24.0 Å². The Morgan fingerprint density at radius 2 is 1.68 bits per heavy atom. The number of amides is 5. The highest BCUT2D eigenvalue weighted by Crippen LogP contribution is 2.43. The lowest BCUT2D eigenvalue weighted by atomic mass is 9.72. The second-order valence-corrected chi connectivity index (χ2v) is 13.5. The van der Waals surface area contributed by atoms with Gasteiger partial charge in [0.05, 0.1) is 11.1 Å². The van der Waals surface area contributed by atoms with Crippen LogP contribution in [-0.4, -0.2) is 83.0 Å². The number of rotatable bonds is 5. The van der Waals surface area contributed by atoms with Crippen LogP contribution in [0.4, 0.5) is 0 Å². The van der Waals surface area contributed by atoms with Crippen molar-refractivity contribution in [3.63, 3.8) is 0 Å². The van der Waals surface area contributed by atoms with Crippen LogP contribution in [0.5, 0.6) is 0 Å². The first-order valence-corrected chi connectivity index (χ1v) is 15.7. The van der Waals surface area contributed by atoms with E-state index >= 15 is 0 Å². The fraction of sp³-hybridized carbons (Fsp3) is 0.441. The van der Waals surface area contributed by atoms with Gasteiger partial charge in [-0.3, -0.25) is 39.1 Å². The minimum absolute atomic E-state index is 0.0528. The summed E-state index contributed by atoms with van der Waals surface area (Å²) in [4.78, 5) is 69.0. The minimum Gasteiger partial charge on any atom is -0.337 e. The first-order chi connectivity index (χ1) is 21.0. The molecule has 230 valence electrons. The molecule has 0 saturated carbocycles. The third kappa shape index (κ3) is 5.95. The second-order valence-electron chi connectivity index (χ2n) is 13.1. The van der Waals surface area contributed by atoms with Crippen molar-refractivity contribution >= 4 is 46.7 Å². The van der Waals surface area contributed by atoms with Crippen LogP contribution in [0.2, 0.25) is 5.02 Å². The molecule has 0 spiro atoms. The van der Waals surface area contributed by atoms with Gasteiger partial charge in [-0.1, -0.05) is 43.2 Å². The summed E-state index contributed by atoms with van der Waals surface area (Å²) in [5.74, 6) is -2.46. The summed E-state index contributed by atoms with van der Waals surface area (Å²) in [6, 6.07) is 11.6. The number of nitrogens with one attached hydrogen (secondary N) is 1. The third-order valence-corrected chi connectivity index (χ3v) is 9.61. The van der Waals surface area contributed by atoms with Crippen LogP contribution in [0, 0.1) is 5.41 Å². The van der Waals surface area contributed by atoms with Crippen molar-refractivity contribution in [3.05, 3.63) is 75.3 Å². The zero-order chi connectivity index (χ0) is 31.2. The van der Waals surface area contributed by atoms with Gasteiger partial charge in [0.15, 0.2) is 0 Å². The molecule has 0 aromatic heterocycles. The Balaban J connectivity index is 1.14. The predicted molar refractivity (Wildman–Crippen MR) is 166 cm³/mol. The lowest BCUT2D eigenvalue weighted by molar-refractivity contribution is -0.136. The number of benzene rings is 2. The highest BCUT2D eigenvalue weighted by atomic mass is 35.5. The molecule has 2 aromatic carbocycles. The molecular weight excluding hydrogens is 580 g/mol. The van der Waals surface area contributed by atoms with Crippen molar-refractivity contribution in [3.8, 4) is 0 Å². The smallest absolute Gasteiger partial charge is 0.262 e. The molecule has 9 nitrogen and oxygen atoms in total. The Labute approximate surface area is 262 Å². The summed E-state index contributed by atoms with van der Waals surface area (Å²) < 4.78 is 0. The number of piperidine rings is 1. The number of imide groups is 2. The van der Waals surface area contributed by atoms with Crippen molar-refractivity contribution in [2.24, 2.45) is 5.41 Å². The van der Waals surface area contributed by atoms with Gasteiger partial charge in [0.1, 0.15) is 6.04 Å². The SMILES string of the molecule is CC1(C)CCC(CN2CCCN(C(=O)c3ccc4c(c3)C(=O)N(C3CCC(=O)NC3=O)C4=O)CC2)=C(c2ccc(Cl)cc2)C1. The Kier molecular flexibility index (Phi) is 8.20. The topological polar surface area (TPSA) is 107 Å². The van der Waals surface area contributed by atoms with E-state index in [0.29, 0.717) is 18.7 Å². The fourth-order valence-corrected chi connectivity index (χ4v) is 6.98. The van der Waals surface area contributed by atoms with E-state index in [2.05, 4.69) is 36.2 Å². The summed E-state index contributed by atoms with van der Waals surface area (Å²) in [6.07, 6.45) is 4.16. The zero-order valence-electron chi connectivity index (χ0n) is 25.2. The summed E-state index contributed by atoms with van der Waals surface area (Å²) in [6.45, 7) is 8.27. The van der Waals surface area contributed by atoms with E-state index < -0.39 is 29.7 Å². The van der Waals surface area contributed by atoms with Crippen LogP contribution in [-0.2, 0) is 9.59 Å². The molecule has 44 heavy (non-hydrogen) atoms. The summed E-state index contributed by atoms with van der Waals surface area (Å²) in [7, 11) is 0. The normalized spacial score (nSPS) is 22.7.